The van der Waals surface area contributed by atoms with E-state index < -0.39 is 0 Å². The van der Waals surface area contributed by atoms with Crippen LogP contribution >= 0.6 is 0 Å². The molecule has 0 spiro atoms. The number of fused-ring (bicyclic) bond motifs is 5. The number of benzene rings is 6. The van der Waals surface area contributed by atoms with Gasteiger partial charge in [0.2, 0.25) is 0 Å². The quantitative estimate of drug-likeness (QED) is 0.185. The maximum absolute atomic E-state index is 5.20. The topological polar surface area (TPSA) is 25.8 Å². The fourth-order valence-corrected chi connectivity index (χ4v) is 8.19. The molecule has 0 aliphatic heterocycles. The molecule has 0 bridgehead atoms. The van der Waals surface area contributed by atoms with Gasteiger partial charge < -0.3 is 0 Å². The SMILES string of the molecule is Cc1ccc(-c2cc(-c3cc(-c4ccccc4)nc(-c4ccccc4)c3)cc(-c3cc4ccccc4c4c3-c3ccccc3C4(C)C)c2)c(C)n1. The summed E-state index contributed by atoms with van der Waals surface area (Å²) in [5.41, 5.74) is 18.4. The number of pyridine rings is 2. The molecule has 0 N–H and O–H groups in total. The molecule has 0 radical (unpaired) electrons. The van der Waals surface area contributed by atoms with Crippen LogP contribution in [-0.4, -0.2) is 9.97 Å². The van der Waals surface area contributed by atoms with Crippen molar-refractivity contribution in [2.24, 2.45) is 0 Å². The number of hydrogen-bond donors (Lipinski definition) is 0. The third-order valence-electron chi connectivity index (χ3n) is 10.6. The fraction of sp³-hybridized carbons (Fsp3) is 0.102. The van der Waals surface area contributed by atoms with Crippen LogP contribution in [0.3, 0.4) is 0 Å². The van der Waals surface area contributed by atoms with E-state index in [0.717, 1.165) is 56.2 Å². The van der Waals surface area contributed by atoms with E-state index >= 15 is 0 Å². The van der Waals surface area contributed by atoms with Crippen LogP contribution in [0.5, 0.6) is 0 Å². The highest BCUT2D eigenvalue weighted by Gasteiger charge is 2.38. The van der Waals surface area contributed by atoms with E-state index in [4.69, 9.17) is 9.97 Å². The lowest BCUT2D eigenvalue weighted by Gasteiger charge is -2.24. The molecule has 2 heteroatoms. The zero-order valence-electron chi connectivity index (χ0n) is 29.4. The van der Waals surface area contributed by atoms with Gasteiger partial charge >= 0.3 is 0 Å². The summed E-state index contributed by atoms with van der Waals surface area (Å²) < 4.78 is 0. The minimum absolute atomic E-state index is 0.139. The van der Waals surface area contributed by atoms with Crippen molar-refractivity contribution in [1.82, 2.24) is 9.97 Å². The van der Waals surface area contributed by atoms with E-state index in [1.165, 1.54) is 44.2 Å². The van der Waals surface area contributed by atoms with Gasteiger partial charge in [-0.15, -0.1) is 0 Å². The molecule has 0 unspecified atom stereocenters. The molecule has 0 atom stereocenters. The first-order chi connectivity index (χ1) is 24.8. The van der Waals surface area contributed by atoms with Crippen molar-refractivity contribution in [3.8, 4) is 67.0 Å². The molecule has 244 valence electrons. The zero-order valence-corrected chi connectivity index (χ0v) is 29.4. The number of aromatic nitrogens is 2. The Bertz CT molecular complexity index is 2560. The second-order valence-corrected chi connectivity index (χ2v) is 14.3. The van der Waals surface area contributed by atoms with Gasteiger partial charge in [0.1, 0.15) is 0 Å². The lowest BCUT2D eigenvalue weighted by Crippen LogP contribution is -2.15. The van der Waals surface area contributed by atoms with Crippen LogP contribution < -0.4 is 0 Å². The molecule has 0 saturated carbocycles. The second-order valence-electron chi connectivity index (χ2n) is 14.3. The molecule has 2 aromatic heterocycles. The van der Waals surface area contributed by atoms with Crippen molar-refractivity contribution < 1.29 is 0 Å². The van der Waals surface area contributed by atoms with Crippen molar-refractivity contribution in [2.75, 3.05) is 0 Å². The maximum Gasteiger partial charge on any atom is 0.0715 e. The van der Waals surface area contributed by atoms with Crippen molar-refractivity contribution in [1.29, 1.82) is 0 Å². The number of nitrogens with zero attached hydrogens (tertiary/aromatic N) is 2. The smallest absolute Gasteiger partial charge is 0.0715 e. The third kappa shape index (κ3) is 5.27. The summed E-state index contributed by atoms with van der Waals surface area (Å²) in [6.07, 6.45) is 0. The molecular weight excluding hydrogens is 617 g/mol. The molecule has 0 fully saturated rings. The Hall–Kier alpha value is -6.12. The molecule has 1 aliphatic rings. The lowest BCUT2D eigenvalue weighted by molar-refractivity contribution is 0.666. The Morgan fingerprint density at radius 3 is 1.69 bits per heavy atom. The largest absolute Gasteiger partial charge is 0.258 e. The van der Waals surface area contributed by atoms with Gasteiger partial charge in [-0.1, -0.05) is 129 Å². The van der Waals surface area contributed by atoms with E-state index in [9.17, 15) is 0 Å². The molecule has 0 saturated heterocycles. The maximum atomic E-state index is 5.20. The molecule has 8 aromatic rings. The van der Waals surface area contributed by atoms with E-state index in [1.54, 1.807) is 0 Å². The monoisotopic (exact) mass is 654 g/mol. The van der Waals surface area contributed by atoms with Crippen LogP contribution in [0.2, 0.25) is 0 Å². The van der Waals surface area contributed by atoms with Crippen LogP contribution in [0.15, 0.2) is 158 Å². The molecule has 0 amide bonds. The first-order valence-corrected chi connectivity index (χ1v) is 17.7. The summed E-state index contributed by atoms with van der Waals surface area (Å²) in [7, 11) is 0. The Labute approximate surface area is 300 Å². The van der Waals surface area contributed by atoms with Gasteiger partial charge in [0.25, 0.3) is 0 Å². The van der Waals surface area contributed by atoms with E-state index in [-0.39, 0.29) is 5.41 Å². The van der Waals surface area contributed by atoms with E-state index in [2.05, 4.69) is 185 Å². The first kappa shape index (κ1) is 30.9. The van der Waals surface area contributed by atoms with Crippen LogP contribution in [-0.2, 0) is 5.41 Å². The molecule has 9 rings (SSSR count). The van der Waals surface area contributed by atoms with Crippen LogP contribution in [0.1, 0.15) is 36.4 Å². The van der Waals surface area contributed by atoms with Gasteiger partial charge in [-0.2, -0.15) is 0 Å². The fourth-order valence-electron chi connectivity index (χ4n) is 8.19. The lowest BCUT2D eigenvalue weighted by atomic mass is 9.79. The van der Waals surface area contributed by atoms with Gasteiger partial charge in [-0.05, 0) is 117 Å². The highest BCUT2D eigenvalue weighted by molar-refractivity contribution is 6.05. The number of hydrogen-bond acceptors (Lipinski definition) is 2. The first-order valence-electron chi connectivity index (χ1n) is 17.7. The van der Waals surface area contributed by atoms with E-state index in [0.29, 0.717) is 0 Å². The van der Waals surface area contributed by atoms with Crippen molar-refractivity contribution in [2.45, 2.75) is 33.1 Å². The summed E-state index contributed by atoms with van der Waals surface area (Å²) in [6.45, 7) is 8.94. The number of rotatable bonds is 5. The van der Waals surface area contributed by atoms with Gasteiger partial charge in [-0.3, -0.25) is 4.98 Å². The van der Waals surface area contributed by atoms with Crippen molar-refractivity contribution >= 4 is 10.8 Å². The molecule has 1 aliphatic carbocycles. The zero-order chi connectivity index (χ0) is 34.7. The highest BCUT2D eigenvalue weighted by Crippen LogP contribution is 2.55. The second kappa shape index (κ2) is 12.0. The molecule has 6 aromatic carbocycles. The van der Waals surface area contributed by atoms with Gasteiger partial charge in [0.05, 0.1) is 11.4 Å². The summed E-state index contributed by atoms with van der Waals surface area (Å²) in [4.78, 5) is 10.1. The van der Waals surface area contributed by atoms with Crippen LogP contribution in [0.4, 0.5) is 0 Å². The standard InChI is InChI=1S/C49H38N2/c1-31-23-24-40(32(2)50-31)38-25-36(37-29-45(33-15-7-5-8-16-33)51-46(30-37)34-17-9-6-10-18-34)26-39(27-38)43-28-35-19-11-12-20-41(35)48-47(43)42-21-13-14-22-44(42)49(48,3)4/h5-30H,1-4H3. The molecule has 2 nitrogen and oxygen atoms in total. The van der Waals surface area contributed by atoms with Crippen molar-refractivity contribution in [3.63, 3.8) is 0 Å². The predicted octanol–water partition coefficient (Wildman–Crippen LogP) is 12.9. The predicted molar refractivity (Wildman–Crippen MR) is 214 cm³/mol. The van der Waals surface area contributed by atoms with Crippen molar-refractivity contribution in [3.05, 3.63) is 180 Å². The van der Waals surface area contributed by atoms with Gasteiger partial charge in [0, 0.05) is 33.5 Å². The van der Waals surface area contributed by atoms with Gasteiger partial charge in [0.15, 0.2) is 0 Å². The average molecular weight is 655 g/mol. The molecule has 51 heavy (non-hydrogen) atoms. The summed E-state index contributed by atoms with van der Waals surface area (Å²) in [5.74, 6) is 0. The van der Waals surface area contributed by atoms with E-state index in [1.807, 2.05) is 0 Å². The highest BCUT2D eigenvalue weighted by atomic mass is 14.7. The van der Waals surface area contributed by atoms with Crippen LogP contribution in [0, 0.1) is 13.8 Å². The molecular formula is C49H38N2. The summed E-state index contributed by atoms with van der Waals surface area (Å²) in [6, 6.07) is 57.2. The summed E-state index contributed by atoms with van der Waals surface area (Å²) in [5, 5.41) is 2.58. The minimum atomic E-state index is -0.139. The van der Waals surface area contributed by atoms with Gasteiger partial charge in [-0.25, -0.2) is 4.98 Å². The normalized spacial score (nSPS) is 12.9. The minimum Gasteiger partial charge on any atom is -0.258 e. The Balaban J connectivity index is 1.36. The Morgan fingerprint density at radius 2 is 1.00 bits per heavy atom. The Morgan fingerprint density at radius 1 is 0.431 bits per heavy atom. The van der Waals surface area contributed by atoms with Crippen LogP contribution in [0.25, 0.3) is 77.8 Å². The third-order valence-corrected chi connectivity index (χ3v) is 10.6. The number of aryl methyl sites for hydroxylation is 2. The average Bonchev–Trinajstić information content (AvgIpc) is 3.41. The summed E-state index contributed by atoms with van der Waals surface area (Å²) >= 11 is 0. The molecule has 2 heterocycles. The Kier molecular flexibility index (Phi) is 7.29.